The molecular weight excluding hydrogens is 378 g/mol. The van der Waals surface area contributed by atoms with Gasteiger partial charge >= 0.3 is 0 Å². The second-order valence-electron chi connectivity index (χ2n) is 12.4. The van der Waals surface area contributed by atoms with Gasteiger partial charge < -0.3 is 0 Å². The zero-order valence-corrected chi connectivity index (χ0v) is 20.3. The first-order valence-corrected chi connectivity index (χ1v) is 13.3. The van der Waals surface area contributed by atoms with Crippen LogP contribution in [0.3, 0.4) is 0 Å². The highest BCUT2D eigenvalue weighted by Gasteiger charge is 2.60. The van der Waals surface area contributed by atoms with Crippen molar-refractivity contribution in [2.75, 3.05) is 0 Å². The largest absolute Gasteiger partial charge is 0.255 e. The average molecular weight is 422 g/mol. The topological polar surface area (TPSA) is 41.6 Å². The first-order valence-electron chi connectivity index (χ1n) is 13.3. The van der Waals surface area contributed by atoms with E-state index in [-0.39, 0.29) is 0 Å². The molecule has 3 unspecified atom stereocenters. The number of nitrogens with zero attached hydrogens (tertiary/aromatic N) is 3. The number of aromatic nitrogens is 2. The molecule has 3 nitrogen and oxygen atoms in total. The molecule has 0 amide bonds. The van der Waals surface area contributed by atoms with E-state index in [0.717, 1.165) is 42.1 Å². The first-order chi connectivity index (χ1) is 14.9. The van der Waals surface area contributed by atoms with Gasteiger partial charge in [0, 0.05) is 6.54 Å². The lowest BCUT2D eigenvalue weighted by molar-refractivity contribution is -0.121. The van der Waals surface area contributed by atoms with Crippen molar-refractivity contribution >= 4 is 0 Å². The van der Waals surface area contributed by atoms with Crippen LogP contribution in [0.4, 0.5) is 0 Å². The Labute approximate surface area is 190 Å². The van der Waals surface area contributed by atoms with Gasteiger partial charge in [-0.25, -0.2) is 0 Å². The molecule has 0 saturated heterocycles. The molecule has 1 aromatic rings. The maximum atomic E-state index is 9.39. The highest BCUT2D eigenvalue weighted by molar-refractivity contribution is 5.18. The van der Waals surface area contributed by atoms with Gasteiger partial charge in [0.05, 0.1) is 6.20 Å². The van der Waals surface area contributed by atoms with E-state index in [4.69, 9.17) is 0 Å². The van der Waals surface area contributed by atoms with Crippen molar-refractivity contribution in [3.63, 3.8) is 0 Å². The Kier molecular flexibility index (Phi) is 5.51. The molecule has 5 rings (SSSR count). The number of rotatable bonds is 4. The molecule has 3 heteroatoms. The maximum Gasteiger partial charge on any atom is 0.138 e. The van der Waals surface area contributed by atoms with Gasteiger partial charge in [0.25, 0.3) is 0 Å². The summed E-state index contributed by atoms with van der Waals surface area (Å²) < 4.78 is 1.95. The standard InChI is InChI=1S/C28H43N3/c1-5-20-10-13-27(3)21(16-20)6-7-23-25-9-8-24(28(25,4)14-11-26(23)27)19(2)18-31-22(17-29)12-15-30-31/h12,15,19-21,23-26H,5-11,13-14,16,18H2,1-4H3/t19-,20-,21+,23-,24?,25?,26?,27-,28+/m0/s1. The van der Waals surface area contributed by atoms with Crippen LogP contribution in [0, 0.1) is 63.6 Å². The Morgan fingerprint density at radius 2 is 1.87 bits per heavy atom. The van der Waals surface area contributed by atoms with Crippen molar-refractivity contribution in [2.45, 2.75) is 98.4 Å². The third-order valence-electron chi connectivity index (χ3n) is 11.4. The molecule has 0 N–H and O–H groups in total. The van der Waals surface area contributed by atoms with E-state index in [1.807, 2.05) is 10.7 Å². The van der Waals surface area contributed by atoms with Crippen LogP contribution in [0.25, 0.3) is 0 Å². The molecule has 4 saturated carbocycles. The molecule has 170 valence electrons. The Balaban J connectivity index is 1.33. The fraction of sp³-hybridized carbons (Fsp3) is 0.857. The molecule has 31 heavy (non-hydrogen) atoms. The summed E-state index contributed by atoms with van der Waals surface area (Å²) >= 11 is 0. The summed E-state index contributed by atoms with van der Waals surface area (Å²) in [5.74, 6) is 6.23. The van der Waals surface area contributed by atoms with E-state index < -0.39 is 0 Å². The summed E-state index contributed by atoms with van der Waals surface area (Å²) in [6, 6.07) is 4.16. The van der Waals surface area contributed by atoms with Crippen LogP contribution in [0.15, 0.2) is 12.3 Å². The number of nitriles is 1. The molecule has 9 atom stereocenters. The summed E-state index contributed by atoms with van der Waals surface area (Å²) in [6.07, 6.45) is 16.4. The van der Waals surface area contributed by atoms with Gasteiger partial charge in [-0.1, -0.05) is 34.1 Å². The number of fused-ring (bicyclic) bond motifs is 5. The average Bonchev–Trinajstić information content (AvgIpc) is 3.36. The molecule has 0 aromatic carbocycles. The second-order valence-corrected chi connectivity index (χ2v) is 12.4. The van der Waals surface area contributed by atoms with Gasteiger partial charge in [0.1, 0.15) is 11.8 Å². The quantitative estimate of drug-likeness (QED) is 0.521. The van der Waals surface area contributed by atoms with E-state index in [1.165, 1.54) is 64.2 Å². The summed E-state index contributed by atoms with van der Waals surface area (Å²) in [5, 5.41) is 13.8. The van der Waals surface area contributed by atoms with Crippen molar-refractivity contribution in [2.24, 2.45) is 52.3 Å². The van der Waals surface area contributed by atoms with E-state index >= 15 is 0 Å². The third kappa shape index (κ3) is 3.30. The SMILES string of the molecule is CC[C@H]1CC[C@]2(C)C3CC[C@@]4(C)C(CCC4[C@@H](C)Cn4nccc4C#N)[C@@H]3CC[C@@H]2C1. The van der Waals surface area contributed by atoms with E-state index in [2.05, 4.69) is 38.9 Å². The molecule has 0 aliphatic heterocycles. The zero-order valence-electron chi connectivity index (χ0n) is 20.3. The number of hydrogen-bond donors (Lipinski definition) is 0. The minimum atomic E-state index is 0.490. The van der Waals surface area contributed by atoms with Crippen molar-refractivity contribution in [1.29, 1.82) is 5.26 Å². The van der Waals surface area contributed by atoms with Crippen LogP contribution < -0.4 is 0 Å². The van der Waals surface area contributed by atoms with Gasteiger partial charge in [-0.3, -0.25) is 4.68 Å². The maximum absolute atomic E-state index is 9.39. The lowest BCUT2D eigenvalue weighted by Gasteiger charge is -2.61. The molecule has 1 aromatic heterocycles. The second kappa shape index (κ2) is 7.93. The van der Waals surface area contributed by atoms with Crippen molar-refractivity contribution in [3.8, 4) is 6.07 Å². The van der Waals surface area contributed by atoms with Crippen LogP contribution in [-0.4, -0.2) is 9.78 Å². The molecule has 0 bridgehead atoms. The van der Waals surface area contributed by atoms with Gasteiger partial charge in [-0.2, -0.15) is 10.4 Å². The Bertz CT molecular complexity index is 836. The molecule has 4 aliphatic rings. The molecule has 1 heterocycles. The summed E-state index contributed by atoms with van der Waals surface area (Å²) in [6.45, 7) is 11.1. The van der Waals surface area contributed by atoms with E-state index in [0.29, 0.717) is 22.4 Å². The van der Waals surface area contributed by atoms with Crippen LogP contribution in [0.5, 0.6) is 0 Å². The van der Waals surface area contributed by atoms with E-state index in [9.17, 15) is 5.26 Å². The van der Waals surface area contributed by atoms with E-state index in [1.54, 1.807) is 6.20 Å². The minimum absolute atomic E-state index is 0.490. The van der Waals surface area contributed by atoms with Crippen LogP contribution in [0.1, 0.15) is 97.6 Å². The van der Waals surface area contributed by atoms with Gasteiger partial charge in [0.15, 0.2) is 0 Å². The van der Waals surface area contributed by atoms with Crippen LogP contribution >= 0.6 is 0 Å². The van der Waals surface area contributed by atoms with Crippen LogP contribution in [-0.2, 0) is 6.54 Å². The monoisotopic (exact) mass is 421 g/mol. The minimum Gasteiger partial charge on any atom is -0.255 e. The predicted octanol–water partition coefficient (Wildman–Crippen LogP) is 7.08. The summed E-state index contributed by atoms with van der Waals surface area (Å²) in [4.78, 5) is 0. The van der Waals surface area contributed by atoms with Gasteiger partial charge in [-0.15, -0.1) is 0 Å². The Morgan fingerprint density at radius 3 is 2.65 bits per heavy atom. The lowest BCUT2D eigenvalue weighted by Crippen LogP contribution is -2.53. The summed E-state index contributed by atoms with van der Waals surface area (Å²) in [7, 11) is 0. The fourth-order valence-electron chi connectivity index (χ4n) is 9.67. The van der Waals surface area contributed by atoms with Gasteiger partial charge in [-0.05, 0) is 116 Å². The number of hydrogen-bond acceptors (Lipinski definition) is 2. The molecular formula is C28H43N3. The Hall–Kier alpha value is -1.30. The lowest BCUT2D eigenvalue weighted by atomic mass is 9.44. The van der Waals surface area contributed by atoms with Crippen molar-refractivity contribution in [1.82, 2.24) is 9.78 Å². The summed E-state index contributed by atoms with van der Waals surface area (Å²) in [5.41, 5.74) is 1.82. The first kappa shape index (κ1) is 21.5. The highest BCUT2D eigenvalue weighted by Crippen LogP contribution is 2.68. The van der Waals surface area contributed by atoms with Crippen molar-refractivity contribution < 1.29 is 0 Å². The predicted molar refractivity (Wildman–Crippen MR) is 125 cm³/mol. The molecule has 4 aliphatic carbocycles. The Morgan fingerprint density at radius 1 is 1.10 bits per heavy atom. The zero-order chi connectivity index (χ0) is 21.8. The molecule has 0 spiro atoms. The molecule has 0 radical (unpaired) electrons. The van der Waals surface area contributed by atoms with Crippen molar-refractivity contribution in [3.05, 3.63) is 18.0 Å². The van der Waals surface area contributed by atoms with Crippen LogP contribution in [0.2, 0.25) is 0 Å². The third-order valence-corrected chi connectivity index (χ3v) is 11.4. The molecule has 4 fully saturated rings. The smallest absolute Gasteiger partial charge is 0.138 e. The normalized spacial score (nSPS) is 45.3. The highest BCUT2D eigenvalue weighted by atomic mass is 15.3. The fourth-order valence-corrected chi connectivity index (χ4v) is 9.67. The van der Waals surface area contributed by atoms with Gasteiger partial charge in [0.2, 0.25) is 0 Å².